The van der Waals surface area contributed by atoms with Crippen LogP contribution in [-0.4, -0.2) is 34.5 Å². The first-order valence-corrected chi connectivity index (χ1v) is 13.4. The number of thioether (sulfide) groups is 1. The molecule has 0 fully saturated rings. The molecule has 5 rings (SSSR count). The van der Waals surface area contributed by atoms with Crippen LogP contribution in [0.3, 0.4) is 0 Å². The molecule has 7 heteroatoms. The summed E-state index contributed by atoms with van der Waals surface area (Å²) in [5.74, 6) is 0.184. The molecule has 1 aliphatic carbocycles. The fourth-order valence-electron chi connectivity index (χ4n) is 4.51. The lowest BCUT2D eigenvalue weighted by Gasteiger charge is -2.35. The third-order valence-electron chi connectivity index (χ3n) is 6.16. The molecule has 0 saturated carbocycles. The lowest BCUT2D eigenvalue weighted by molar-refractivity contribution is -0.113. The quantitative estimate of drug-likeness (QED) is 0.400. The van der Waals surface area contributed by atoms with Gasteiger partial charge in [-0.25, -0.2) is 0 Å². The van der Waals surface area contributed by atoms with Crippen molar-refractivity contribution in [3.8, 4) is 11.1 Å². The van der Waals surface area contributed by atoms with Gasteiger partial charge in [-0.15, -0.1) is 29.7 Å². The van der Waals surface area contributed by atoms with Gasteiger partial charge in [0, 0.05) is 17.1 Å². The molecule has 0 spiro atoms. The number of amides is 2. The number of benzene rings is 2. The van der Waals surface area contributed by atoms with E-state index in [4.69, 9.17) is 0 Å². The Morgan fingerprint density at radius 3 is 2.62 bits per heavy atom. The largest absolute Gasteiger partial charge is 0.348 e. The smallest absolute Gasteiger partial charge is 0.259 e. The fourth-order valence-corrected chi connectivity index (χ4v) is 6.83. The Balaban J connectivity index is 1.24. The maximum Gasteiger partial charge on any atom is 0.259 e. The molecule has 0 saturated heterocycles. The van der Waals surface area contributed by atoms with Crippen LogP contribution in [0.1, 0.15) is 33.6 Å². The number of carbonyl (C=O) groups excluding carboxylic acids is 2. The van der Waals surface area contributed by atoms with E-state index in [1.54, 1.807) is 22.3 Å². The molecule has 1 atom stereocenters. The molecule has 5 nitrogen and oxygen atoms in total. The molecular weight excluding hydrogens is 462 g/mol. The normalized spacial score (nSPS) is 16.9. The van der Waals surface area contributed by atoms with Crippen molar-refractivity contribution < 1.29 is 9.59 Å². The van der Waals surface area contributed by atoms with Gasteiger partial charge in [-0.3, -0.25) is 9.59 Å². The van der Waals surface area contributed by atoms with Gasteiger partial charge >= 0.3 is 0 Å². The first-order chi connectivity index (χ1) is 16.6. The zero-order valence-corrected chi connectivity index (χ0v) is 20.5. The lowest BCUT2D eigenvalue weighted by atomic mass is 9.94. The molecule has 2 aliphatic rings. The van der Waals surface area contributed by atoms with Crippen LogP contribution < -0.4 is 10.6 Å². The van der Waals surface area contributed by atoms with Crippen molar-refractivity contribution in [2.24, 2.45) is 0 Å². The molecule has 174 valence electrons. The highest BCUT2D eigenvalue weighted by Crippen LogP contribution is 2.42. The summed E-state index contributed by atoms with van der Waals surface area (Å²) in [5, 5.41) is 7.44. The zero-order valence-electron chi connectivity index (χ0n) is 18.9. The molecular formula is C27H27N3O2S2. The van der Waals surface area contributed by atoms with Crippen LogP contribution in [0.15, 0.2) is 67.3 Å². The molecule has 2 amide bonds. The van der Waals surface area contributed by atoms with Gasteiger partial charge in [0.1, 0.15) is 5.00 Å². The fraction of sp³-hybridized carbons (Fsp3) is 0.259. The zero-order chi connectivity index (χ0) is 23.5. The summed E-state index contributed by atoms with van der Waals surface area (Å²) in [4.78, 5) is 29.2. The second-order valence-electron chi connectivity index (χ2n) is 8.46. The number of carbonyl (C=O) groups is 2. The number of rotatable bonds is 7. The molecule has 1 aromatic heterocycles. The van der Waals surface area contributed by atoms with Crippen LogP contribution in [0.2, 0.25) is 0 Å². The Morgan fingerprint density at radius 1 is 1.12 bits per heavy atom. The summed E-state index contributed by atoms with van der Waals surface area (Å²) in [6.45, 7) is 4.27. The highest BCUT2D eigenvalue weighted by Gasteiger charge is 2.37. The van der Waals surface area contributed by atoms with Crippen molar-refractivity contribution in [3.05, 3.63) is 83.3 Å². The monoisotopic (exact) mass is 489 g/mol. The second kappa shape index (κ2) is 10.1. The highest BCUT2D eigenvalue weighted by atomic mass is 32.2. The summed E-state index contributed by atoms with van der Waals surface area (Å²) < 4.78 is 0. The van der Waals surface area contributed by atoms with Crippen LogP contribution in [0, 0.1) is 0 Å². The Kier molecular flexibility index (Phi) is 6.74. The van der Waals surface area contributed by atoms with Crippen molar-refractivity contribution in [2.45, 2.75) is 31.2 Å². The molecule has 0 unspecified atom stereocenters. The Hall–Kier alpha value is -3.03. The van der Waals surface area contributed by atoms with E-state index < -0.39 is 0 Å². The number of hydrogen-bond donors (Lipinski definition) is 2. The standard InChI is InChI=1S/C27H27N3O2S2/c1-2-16-30-26(32)24-21-10-6-7-11-22(21)34-25(24)29-27(30)33-17-23(31)28-20-14-12-19(13-15-20)18-8-4-3-5-9-18/h2-5,8-9,12-15,27,29H,1,6-7,10-11,16-17H2,(H,28,31)/t27-/m0/s1. The minimum absolute atomic E-state index is 0.0439. The average Bonchev–Trinajstić information content (AvgIpc) is 3.24. The summed E-state index contributed by atoms with van der Waals surface area (Å²) in [6, 6.07) is 18.0. The maximum absolute atomic E-state index is 13.4. The van der Waals surface area contributed by atoms with Crippen LogP contribution in [0.25, 0.3) is 11.1 Å². The number of fused-ring (bicyclic) bond motifs is 3. The van der Waals surface area contributed by atoms with Crippen molar-refractivity contribution in [1.29, 1.82) is 0 Å². The van der Waals surface area contributed by atoms with E-state index in [0.717, 1.165) is 46.6 Å². The molecule has 3 aromatic rings. The SMILES string of the molecule is C=CCN1C(=O)c2c(sc3c2CCCC3)N[C@@H]1SCC(=O)Nc1ccc(-c2ccccc2)cc1. The number of nitrogens with zero attached hydrogens (tertiary/aromatic N) is 1. The van der Waals surface area contributed by atoms with E-state index >= 15 is 0 Å². The first kappa shape index (κ1) is 22.7. The minimum Gasteiger partial charge on any atom is -0.348 e. The van der Waals surface area contributed by atoms with Gasteiger partial charge in [0.2, 0.25) is 5.91 Å². The first-order valence-electron chi connectivity index (χ1n) is 11.5. The number of hydrogen-bond acceptors (Lipinski definition) is 5. The lowest BCUT2D eigenvalue weighted by Crippen LogP contribution is -2.47. The van der Waals surface area contributed by atoms with Gasteiger partial charge in [-0.2, -0.15) is 0 Å². The maximum atomic E-state index is 13.4. The third-order valence-corrected chi connectivity index (χ3v) is 8.50. The predicted octanol–water partition coefficient (Wildman–Crippen LogP) is 6.00. The Morgan fingerprint density at radius 2 is 1.85 bits per heavy atom. The minimum atomic E-state index is -0.302. The highest BCUT2D eigenvalue weighted by molar-refractivity contribution is 8.00. The van der Waals surface area contributed by atoms with Crippen molar-refractivity contribution >= 4 is 45.6 Å². The number of thiophene rings is 1. The van der Waals surface area contributed by atoms with Gasteiger partial charge in [0.15, 0.2) is 5.50 Å². The van der Waals surface area contributed by atoms with E-state index in [-0.39, 0.29) is 23.1 Å². The number of anilines is 2. The Labute approximate surface area is 208 Å². The molecule has 2 N–H and O–H groups in total. The van der Waals surface area contributed by atoms with E-state index in [1.807, 2.05) is 42.5 Å². The second-order valence-corrected chi connectivity index (χ2v) is 10.6. The molecule has 1 aliphatic heterocycles. The molecule has 0 radical (unpaired) electrons. The molecule has 0 bridgehead atoms. The predicted molar refractivity (Wildman–Crippen MR) is 143 cm³/mol. The van der Waals surface area contributed by atoms with Crippen LogP contribution >= 0.6 is 23.1 Å². The van der Waals surface area contributed by atoms with Crippen molar-refractivity contribution in [3.63, 3.8) is 0 Å². The molecule has 2 aromatic carbocycles. The van der Waals surface area contributed by atoms with Crippen molar-refractivity contribution in [2.75, 3.05) is 22.9 Å². The van der Waals surface area contributed by atoms with Crippen molar-refractivity contribution in [1.82, 2.24) is 4.90 Å². The van der Waals surface area contributed by atoms with Crippen LogP contribution in [-0.2, 0) is 17.6 Å². The number of aryl methyl sites for hydroxylation is 1. The Bertz CT molecular complexity index is 1200. The van der Waals surface area contributed by atoms with E-state index in [2.05, 4.69) is 29.3 Å². The van der Waals surface area contributed by atoms with E-state index in [9.17, 15) is 9.59 Å². The van der Waals surface area contributed by atoms with Gasteiger partial charge in [-0.1, -0.05) is 48.5 Å². The van der Waals surface area contributed by atoms with Gasteiger partial charge < -0.3 is 15.5 Å². The van der Waals surface area contributed by atoms with Crippen LogP contribution in [0.4, 0.5) is 10.7 Å². The molecule has 34 heavy (non-hydrogen) atoms. The molecule has 2 heterocycles. The van der Waals surface area contributed by atoms with Gasteiger partial charge in [-0.05, 0) is 54.5 Å². The van der Waals surface area contributed by atoms with Gasteiger partial charge in [0.05, 0.1) is 11.3 Å². The van der Waals surface area contributed by atoms with Gasteiger partial charge in [0.25, 0.3) is 5.91 Å². The average molecular weight is 490 g/mol. The van der Waals surface area contributed by atoms with Crippen LogP contribution in [0.5, 0.6) is 0 Å². The van der Waals surface area contributed by atoms with E-state index in [1.165, 1.54) is 28.6 Å². The summed E-state index contributed by atoms with van der Waals surface area (Å²) in [5.41, 5.74) is 4.76. The summed E-state index contributed by atoms with van der Waals surface area (Å²) in [6.07, 6.45) is 6.08. The topological polar surface area (TPSA) is 61.4 Å². The number of nitrogens with one attached hydrogen (secondary N) is 2. The third kappa shape index (κ3) is 4.63. The summed E-state index contributed by atoms with van der Waals surface area (Å²) in [7, 11) is 0. The van der Waals surface area contributed by atoms with E-state index in [0.29, 0.717) is 6.54 Å². The summed E-state index contributed by atoms with van der Waals surface area (Å²) >= 11 is 3.13.